The van der Waals surface area contributed by atoms with Gasteiger partial charge in [-0.25, -0.2) is 4.98 Å². The van der Waals surface area contributed by atoms with Crippen molar-refractivity contribution in [2.24, 2.45) is 0 Å². The van der Waals surface area contributed by atoms with Crippen LogP contribution < -0.4 is 10.2 Å². The second kappa shape index (κ2) is 9.36. The Morgan fingerprint density at radius 3 is 2.43 bits per heavy atom. The normalized spacial score (nSPS) is 12.0. The van der Waals surface area contributed by atoms with Crippen LogP contribution >= 0.6 is 11.3 Å². The largest absolute Gasteiger partial charge is 0.334 e. The lowest BCUT2D eigenvalue weighted by atomic mass is 10.1. The Labute approximate surface area is 181 Å². The maximum Gasteiger partial charge on any atom is 0.279 e. The molecule has 0 spiro atoms. The van der Waals surface area contributed by atoms with Gasteiger partial charge in [-0.1, -0.05) is 29.8 Å². The highest BCUT2D eigenvalue weighted by Crippen LogP contribution is 2.23. The second-order valence-electron chi connectivity index (χ2n) is 7.96. The first-order chi connectivity index (χ1) is 14.2. The van der Waals surface area contributed by atoms with E-state index in [1.54, 1.807) is 23.3 Å². The average Bonchev–Trinajstić information content (AvgIpc) is 3.06. The molecule has 0 aliphatic carbocycles. The predicted octanol–water partition coefficient (Wildman–Crippen LogP) is 2.33. The number of likely N-dealkylation sites (N-methyl/N-ethyl adjacent to an activating group) is 2. The van der Waals surface area contributed by atoms with E-state index in [1.807, 2.05) is 52.1 Å². The smallest absolute Gasteiger partial charge is 0.279 e. The molecule has 1 unspecified atom stereocenters. The van der Waals surface area contributed by atoms with E-state index in [1.165, 1.54) is 5.56 Å². The molecule has 0 fully saturated rings. The molecule has 6 nitrogen and oxygen atoms in total. The number of fused-ring (bicyclic) bond motifs is 1. The van der Waals surface area contributed by atoms with Gasteiger partial charge in [0.15, 0.2) is 13.1 Å². The van der Waals surface area contributed by atoms with Crippen molar-refractivity contribution >= 4 is 39.1 Å². The zero-order valence-electron chi connectivity index (χ0n) is 18.2. The lowest BCUT2D eigenvalue weighted by Gasteiger charge is -2.19. The van der Waals surface area contributed by atoms with Crippen molar-refractivity contribution in [2.45, 2.75) is 27.3 Å². The highest BCUT2D eigenvalue weighted by Gasteiger charge is 2.19. The average molecular weight is 426 g/mol. The van der Waals surface area contributed by atoms with Crippen LogP contribution in [0.15, 0.2) is 36.4 Å². The lowest BCUT2D eigenvalue weighted by Crippen LogP contribution is -3.11. The minimum atomic E-state index is -0.0934. The first kappa shape index (κ1) is 21.9. The van der Waals surface area contributed by atoms with Crippen LogP contribution in [0.3, 0.4) is 0 Å². The lowest BCUT2D eigenvalue weighted by molar-refractivity contribution is -0.862. The summed E-state index contributed by atoms with van der Waals surface area (Å²) in [5, 5.41) is 3.91. The molecule has 2 N–H and O–H groups in total. The van der Waals surface area contributed by atoms with E-state index in [0.29, 0.717) is 6.54 Å². The first-order valence-corrected chi connectivity index (χ1v) is 10.8. The van der Waals surface area contributed by atoms with Crippen molar-refractivity contribution < 1.29 is 14.5 Å². The van der Waals surface area contributed by atoms with Crippen molar-refractivity contribution in [3.63, 3.8) is 0 Å². The van der Waals surface area contributed by atoms with Gasteiger partial charge in [0, 0.05) is 12.7 Å². The third kappa shape index (κ3) is 5.43. The molecular formula is C23H29N4O2S+. The number of aryl methyl sites for hydroxylation is 3. The number of carbonyl (C=O) groups excluding carboxylic acids is 2. The molecule has 0 saturated carbocycles. The summed E-state index contributed by atoms with van der Waals surface area (Å²) in [6.45, 7) is 6.98. The van der Waals surface area contributed by atoms with Gasteiger partial charge >= 0.3 is 0 Å². The van der Waals surface area contributed by atoms with Gasteiger partial charge in [-0.05, 0) is 44.0 Å². The summed E-state index contributed by atoms with van der Waals surface area (Å²) in [7, 11) is 3.64. The van der Waals surface area contributed by atoms with Gasteiger partial charge in [0.05, 0.1) is 23.8 Å². The molecular weight excluding hydrogens is 396 g/mol. The van der Waals surface area contributed by atoms with Crippen molar-refractivity contribution in [3.8, 4) is 0 Å². The highest BCUT2D eigenvalue weighted by molar-refractivity contribution is 7.18. The number of quaternary nitrogens is 1. The van der Waals surface area contributed by atoms with Crippen molar-refractivity contribution in [2.75, 3.05) is 32.5 Å². The van der Waals surface area contributed by atoms with Crippen LogP contribution in [0.4, 0.5) is 5.69 Å². The fourth-order valence-electron chi connectivity index (χ4n) is 3.57. The molecule has 7 heteroatoms. The standard InChI is InChI=1S/C23H28N4O2S/c1-15-10-16(2)23(17(3)11-15)25-20(28)12-26(4)14-22(29)27(5)13-21-24-18-8-6-7-9-19(18)30-21/h6-11H,12-14H2,1-5H3,(H,25,28)/p+1. The van der Waals surface area contributed by atoms with Crippen molar-refractivity contribution in [1.29, 1.82) is 0 Å². The highest BCUT2D eigenvalue weighted by atomic mass is 32.1. The molecule has 0 radical (unpaired) electrons. The number of para-hydroxylation sites is 1. The molecule has 1 aromatic heterocycles. The molecule has 0 aliphatic rings. The van der Waals surface area contributed by atoms with E-state index in [2.05, 4.69) is 22.4 Å². The van der Waals surface area contributed by atoms with Crippen LogP contribution in [-0.2, 0) is 16.1 Å². The Morgan fingerprint density at radius 2 is 1.77 bits per heavy atom. The van der Waals surface area contributed by atoms with E-state index in [4.69, 9.17) is 0 Å². The number of amides is 2. The summed E-state index contributed by atoms with van der Waals surface area (Å²) in [6.07, 6.45) is 0. The molecule has 0 saturated heterocycles. The summed E-state index contributed by atoms with van der Waals surface area (Å²) < 4.78 is 1.12. The fraction of sp³-hybridized carbons (Fsp3) is 0.348. The molecule has 1 heterocycles. The van der Waals surface area contributed by atoms with Gasteiger partial charge in [-0.2, -0.15) is 0 Å². The molecule has 30 heavy (non-hydrogen) atoms. The molecule has 0 bridgehead atoms. The van der Waals surface area contributed by atoms with Gasteiger partial charge in [-0.15, -0.1) is 11.3 Å². The predicted molar refractivity (Wildman–Crippen MR) is 122 cm³/mol. The van der Waals surface area contributed by atoms with Gasteiger partial charge in [0.2, 0.25) is 0 Å². The summed E-state index contributed by atoms with van der Waals surface area (Å²) >= 11 is 1.60. The minimum Gasteiger partial charge on any atom is -0.334 e. The molecule has 0 aliphatic heterocycles. The monoisotopic (exact) mass is 425 g/mol. The number of hydrogen-bond donors (Lipinski definition) is 2. The summed E-state index contributed by atoms with van der Waals surface area (Å²) in [4.78, 5) is 32.2. The zero-order valence-corrected chi connectivity index (χ0v) is 19.0. The van der Waals surface area contributed by atoms with Crippen LogP contribution in [0, 0.1) is 20.8 Å². The van der Waals surface area contributed by atoms with Crippen molar-refractivity contribution in [1.82, 2.24) is 9.88 Å². The minimum absolute atomic E-state index is 0.0118. The Bertz CT molecular complexity index is 1020. The Morgan fingerprint density at radius 1 is 1.10 bits per heavy atom. The number of rotatable bonds is 7. The number of carbonyl (C=O) groups is 2. The van der Waals surface area contributed by atoms with Crippen LogP contribution in [0.5, 0.6) is 0 Å². The van der Waals surface area contributed by atoms with Gasteiger partial charge < -0.3 is 15.1 Å². The Kier molecular flexibility index (Phi) is 6.84. The van der Waals surface area contributed by atoms with Gasteiger partial charge in [0.25, 0.3) is 11.8 Å². The zero-order chi connectivity index (χ0) is 21.8. The molecule has 3 aromatic rings. The van der Waals surface area contributed by atoms with E-state index in [-0.39, 0.29) is 24.9 Å². The fourth-order valence-corrected chi connectivity index (χ4v) is 4.59. The molecule has 2 amide bonds. The number of hydrogen-bond acceptors (Lipinski definition) is 4. The maximum atomic E-state index is 12.6. The summed E-state index contributed by atoms with van der Waals surface area (Å²) in [5.41, 5.74) is 5.08. The van der Waals surface area contributed by atoms with Gasteiger partial charge in [-0.3, -0.25) is 9.59 Å². The number of nitrogens with one attached hydrogen (secondary N) is 2. The van der Waals surface area contributed by atoms with Crippen LogP contribution in [0.2, 0.25) is 0 Å². The van der Waals surface area contributed by atoms with Crippen LogP contribution in [-0.4, -0.2) is 48.9 Å². The molecule has 3 rings (SSSR count). The van der Waals surface area contributed by atoms with Crippen molar-refractivity contribution in [3.05, 3.63) is 58.1 Å². The topological polar surface area (TPSA) is 66.7 Å². The quantitative estimate of drug-likeness (QED) is 0.611. The SMILES string of the molecule is Cc1cc(C)c(NC(=O)C[NH+](C)CC(=O)N(C)Cc2nc3ccccc3s2)c(C)c1. The Hall–Kier alpha value is -2.77. The van der Waals surface area contributed by atoms with E-state index in [0.717, 1.165) is 36.9 Å². The van der Waals surface area contributed by atoms with E-state index < -0.39 is 0 Å². The Balaban J connectivity index is 1.52. The van der Waals surface area contributed by atoms with Crippen LogP contribution in [0.1, 0.15) is 21.7 Å². The van der Waals surface area contributed by atoms with Gasteiger partial charge in [0.1, 0.15) is 5.01 Å². The molecule has 2 aromatic carbocycles. The van der Waals surface area contributed by atoms with E-state index in [9.17, 15) is 9.59 Å². The summed E-state index contributed by atoms with van der Waals surface area (Å²) in [6, 6.07) is 12.1. The third-order valence-corrected chi connectivity index (χ3v) is 6.01. The van der Waals surface area contributed by atoms with Crippen LogP contribution in [0.25, 0.3) is 10.2 Å². The maximum absolute atomic E-state index is 12.6. The number of nitrogens with zero attached hydrogens (tertiary/aromatic N) is 2. The number of benzene rings is 2. The number of thiazole rings is 1. The third-order valence-electron chi connectivity index (χ3n) is 4.99. The first-order valence-electron chi connectivity index (χ1n) is 10.0. The molecule has 1 atom stereocenters. The second-order valence-corrected chi connectivity index (χ2v) is 9.07. The van der Waals surface area contributed by atoms with E-state index >= 15 is 0 Å². The number of anilines is 1. The molecule has 158 valence electrons. The number of aromatic nitrogens is 1. The summed E-state index contributed by atoms with van der Waals surface area (Å²) in [5.74, 6) is -0.105.